The van der Waals surface area contributed by atoms with Gasteiger partial charge in [0.25, 0.3) is 0 Å². The van der Waals surface area contributed by atoms with Crippen molar-refractivity contribution in [2.45, 2.75) is 143 Å². The Morgan fingerprint density at radius 1 is 1.07 bits per heavy atom. The number of ether oxygens (including phenoxy) is 4. The number of aliphatic hydroxyl groups is 1. The molecule has 0 aromatic carbocycles. The molecule has 1 heterocycles. The van der Waals surface area contributed by atoms with Gasteiger partial charge in [-0.3, -0.25) is 14.4 Å². The molecule has 6 fully saturated rings. The summed E-state index contributed by atoms with van der Waals surface area (Å²) in [5, 5.41) is 11.0. The summed E-state index contributed by atoms with van der Waals surface area (Å²) in [6, 6.07) is 0. The standard InChI is InChI=1S/C36H54O9/c1-20-17-22(30(32(5,6)41)43-21(2)39)44-28-27(20)33(7)13-14-36-19-35(36)12-11-25(45-26(18-38)42-16-15-37)31(3,4)23(35)9-10-24(36)34(33,8)29(28)40/h15,18,20,22-28,30,41H,9-14,16-17,19H2,1-8H3/t20-,22?,23+,24?,25+,26+,27+,28?,30+,33-,34-,35-,36+/m1/s1. The average Bonchev–Trinajstić information content (AvgIpc) is 3.59. The van der Waals surface area contributed by atoms with Crippen molar-refractivity contribution in [3.8, 4) is 0 Å². The van der Waals surface area contributed by atoms with Gasteiger partial charge in [0, 0.05) is 18.3 Å². The first kappa shape index (κ1) is 33.2. The molecule has 9 heteroatoms. The first-order valence-corrected chi connectivity index (χ1v) is 17.2. The maximum Gasteiger partial charge on any atom is 0.303 e. The van der Waals surface area contributed by atoms with Crippen LogP contribution in [0.25, 0.3) is 0 Å². The lowest BCUT2D eigenvalue weighted by molar-refractivity contribution is -0.221. The first-order chi connectivity index (χ1) is 20.9. The van der Waals surface area contributed by atoms with Crippen LogP contribution in [0.1, 0.15) is 107 Å². The number of esters is 1. The van der Waals surface area contributed by atoms with E-state index in [9.17, 15) is 24.3 Å². The van der Waals surface area contributed by atoms with Gasteiger partial charge in [-0.2, -0.15) is 0 Å². The second-order valence-corrected chi connectivity index (χ2v) is 17.2. The Balaban J connectivity index is 1.28. The van der Waals surface area contributed by atoms with E-state index in [0.29, 0.717) is 24.9 Å². The maximum absolute atomic E-state index is 14.9. The fraction of sp³-hybridized carbons (Fsp3) is 0.889. The third kappa shape index (κ3) is 4.45. The van der Waals surface area contributed by atoms with Crippen molar-refractivity contribution >= 4 is 24.3 Å². The Bertz CT molecular complexity index is 1240. The minimum absolute atomic E-state index is 0.0722. The smallest absolute Gasteiger partial charge is 0.303 e. The van der Waals surface area contributed by atoms with Crippen LogP contribution in [0.5, 0.6) is 0 Å². The van der Waals surface area contributed by atoms with E-state index < -0.39 is 41.6 Å². The Kier molecular flexibility index (Phi) is 7.87. The third-order valence-corrected chi connectivity index (χ3v) is 14.6. The van der Waals surface area contributed by atoms with Gasteiger partial charge in [-0.1, -0.05) is 34.6 Å². The molecule has 5 saturated carbocycles. The summed E-state index contributed by atoms with van der Waals surface area (Å²) < 4.78 is 23.9. The van der Waals surface area contributed by atoms with Crippen LogP contribution < -0.4 is 0 Å². The van der Waals surface area contributed by atoms with E-state index in [1.807, 2.05) is 0 Å². The molecule has 45 heavy (non-hydrogen) atoms. The summed E-state index contributed by atoms with van der Waals surface area (Å²) in [6.07, 6.45) is 5.69. The summed E-state index contributed by atoms with van der Waals surface area (Å²) in [5.74, 6) is 0.636. The van der Waals surface area contributed by atoms with Gasteiger partial charge >= 0.3 is 5.97 Å². The molecule has 1 aliphatic heterocycles. The van der Waals surface area contributed by atoms with Gasteiger partial charge in [0.1, 0.15) is 19.0 Å². The minimum atomic E-state index is -1.31. The Morgan fingerprint density at radius 2 is 1.73 bits per heavy atom. The van der Waals surface area contributed by atoms with Gasteiger partial charge in [-0.05, 0) is 105 Å². The molecule has 1 saturated heterocycles. The summed E-state index contributed by atoms with van der Waals surface area (Å²) in [7, 11) is 0. The van der Waals surface area contributed by atoms with Crippen LogP contribution in [0.3, 0.4) is 0 Å². The number of hydrogen-bond acceptors (Lipinski definition) is 9. The highest BCUT2D eigenvalue weighted by molar-refractivity contribution is 5.93. The van der Waals surface area contributed by atoms with Crippen LogP contribution >= 0.6 is 0 Å². The van der Waals surface area contributed by atoms with Crippen molar-refractivity contribution in [2.24, 2.45) is 50.7 Å². The molecule has 0 bridgehead atoms. The number of carbonyl (C=O) groups is 4. The lowest BCUT2D eigenvalue weighted by Crippen LogP contribution is -2.59. The molecule has 9 nitrogen and oxygen atoms in total. The molecule has 0 radical (unpaired) electrons. The number of rotatable bonds is 9. The fourth-order valence-electron chi connectivity index (χ4n) is 12.7. The Hall–Kier alpha value is -1.68. The van der Waals surface area contributed by atoms with Crippen LogP contribution in [-0.4, -0.2) is 72.3 Å². The highest BCUT2D eigenvalue weighted by Crippen LogP contribution is 2.89. The molecule has 252 valence electrons. The van der Waals surface area contributed by atoms with E-state index in [2.05, 4.69) is 34.6 Å². The average molecular weight is 631 g/mol. The molecule has 0 amide bonds. The summed E-state index contributed by atoms with van der Waals surface area (Å²) in [5.41, 5.74) is -2.00. The molecular weight excluding hydrogens is 576 g/mol. The van der Waals surface area contributed by atoms with Crippen LogP contribution in [0.2, 0.25) is 0 Å². The summed E-state index contributed by atoms with van der Waals surface area (Å²) in [6.45, 7) is 15.8. The normalized spacial score (nSPS) is 47.6. The lowest BCUT2D eigenvalue weighted by Gasteiger charge is -2.62. The lowest BCUT2D eigenvalue weighted by atomic mass is 9.41. The number of fused-ring (bicyclic) bond motifs is 4. The number of ketones is 1. The zero-order valence-corrected chi connectivity index (χ0v) is 28.4. The van der Waals surface area contributed by atoms with Gasteiger partial charge in [0.05, 0.1) is 17.8 Å². The molecule has 2 spiro atoms. The Labute approximate surface area is 267 Å². The van der Waals surface area contributed by atoms with E-state index in [4.69, 9.17) is 18.9 Å². The summed E-state index contributed by atoms with van der Waals surface area (Å²) in [4.78, 5) is 49.4. The zero-order chi connectivity index (χ0) is 33.0. The molecule has 3 unspecified atom stereocenters. The second kappa shape index (κ2) is 10.7. The van der Waals surface area contributed by atoms with Gasteiger partial charge in [-0.25, -0.2) is 0 Å². The van der Waals surface area contributed by atoms with E-state index in [0.717, 1.165) is 44.9 Å². The topological polar surface area (TPSA) is 125 Å². The number of aldehydes is 2. The van der Waals surface area contributed by atoms with Crippen LogP contribution in [0.4, 0.5) is 0 Å². The van der Waals surface area contributed by atoms with Crippen LogP contribution in [0.15, 0.2) is 0 Å². The third-order valence-electron chi connectivity index (χ3n) is 14.6. The molecule has 6 aliphatic rings. The van der Waals surface area contributed by atoms with Crippen molar-refractivity contribution in [2.75, 3.05) is 6.61 Å². The summed E-state index contributed by atoms with van der Waals surface area (Å²) >= 11 is 0. The maximum atomic E-state index is 14.9. The Morgan fingerprint density at radius 3 is 2.36 bits per heavy atom. The molecule has 0 aromatic heterocycles. The highest BCUT2D eigenvalue weighted by Gasteiger charge is 2.85. The van der Waals surface area contributed by atoms with Crippen LogP contribution in [0, 0.1) is 50.7 Å². The number of Topliss-reactive ketones (excluding diaryl/α,β-unsaturated/α-hetero) is 1. The van der Waals surface area contributed by atoms with Crippen molar-refractivity contribution in [1.82, 2.24) is 0 Å². The van der Waals surface area contributed by atoms with Gasteiger partial charge < -0.3 is 28.8 Å². The SMILES string of the molecule is CC(=O)O[C@@H](C1C[C@@H](C)[C@H]2C(O1)C(=O)[C@@]1(C)C3CC[C@H]4C(C)(C)[C@@H](O[C@@H](C=O)OCC=O)CC[C@@]45C[C@@]35CC[C@]21C)C(C)(C)O. The molecule has 0 aromatic rings. The van der Waals surface area contributed by atoms with E-state index in [1.165, 1.54) is 6.92 Å². The van der Waals surface area contributed by atoms with Gasteiger partial charge in [0.15, 0.2) is 18.2 Å². The molecule has 13 atom stereocenters. The van der Waals surface area contributed by atoms with E-state index >= 15 is 0 Å². The minimum Gasteiger partial charge on any atom is -0.457 e. The zero-order valence-electron chi connectivity index (χ0n) is 28.4. The number of carbonyl (C=O) groups excluding carboxylic acids is 4. The van der Waals surface area contributed by atoms with E-state index in [-0.39, 0.29) is 57.9 Å². The quantitative estimate of drug-likeness (QED) is 0.217. The second-order valence-electron chi connectivity index (χ2n) is 17.2. The predicted octanol–water partition coefficient (Wildman–Crippen LogP) is 4.84. The highest BCUT2D eigenvalue weighted by atomic mass is 16.7. The monoisotopic (exact) mass is 630 g/mol. The molecule has 5 aliphatic carbocycles. The van der Waals surface area contributed by atoms with Crippen molar-refractivity contribution < 1.29 is 43.2 Å². The fourth-order valence-corrected chi connectivity index (χ4v) is 12.7. The van der Waals surface area contributed by atoms with Gasteiger partial charge in [0.2, 0.25) is 6.29 Å². The molecular formula is C36H54O9. The van der Waals surface area contributed by atoms with Crippen molar-refractivity contribution in [1.29, 1.82) is 0 Å². The largest absolute Gasteiger partial charge is 0.457 e. The predicted molar refractivity (Wildman–Crippen MR) is 164 cm³/mol. The molecule has 1 N–H and O–H groups in total. The first-order valence-electron chi connectivity index (χ1n) is 17.2. The van der Waals surface area contributed by atoms with E-state index in [1.54, 1.807) is 13.8 Å². The van der Waals surface area contributed by atoms with Crippen molar-refractivity contribution in [3.05, 3.63) is 0 Å². The van der Waals surface area contributed by atoms with Crippen molar-refractivity contribution in [3.63, 3.8) is 0 Å². The number of hydrogen-bond donors (Lipinski definition) is 1. The molecule has 6 rings (SSSR count). The van der Waals surface area contributed by atoms with Crippen LogP contribution in [-0.2, 0) is 38.1 Å². The van der Waals surface area contributed by atoms with Gasteiger partial charge in [-0.15, -0.1) is 0 Å².